The first-order chi connectivity index (χ1) is 9.29. The van der Waals surface area contributed by atoms with E-state index in [9.17, 15) is 0 Å². The maximum Gasteiger partial charge on any atom is 0.0627 e. The third kappa shape index (κ3) is 4.64. The van der Waals surface area contributed by atoms with Crippen molar-refractivity contribution in [3.8, 4) is 0 Å². The van der Waals surface area contributed by atoms with E-state index in [2.05, 4.69) is 36.1 Å². The summed E-state index contributed by atoms with van der Waals surface area (Å²) in [6, 6.07) is 2.89. The molecule has 0 aromatic carbocycles. The summed E-state index contributed by atoms with van der Waals surface area (Å²) in [6.07, 6.45) is 11.3. The number of aromatic nitrogens is 2. The molecule has 0 radical (unpaired) electrons. The van der Waals surface area contributed by atoms with Crippen LogP contribution in [0.15, 0.2) is 12.3 Å². The maximum atomic E-state index is 4.80. The van der Waals surface area contributed by atoms with Gasteiger partial charge < -0.3 is 5.32 Å². The van der Waals surface area contributed by atoms with Gasteiger partial charge in [-0.1, -0.05) is 33.1 Å². The van der Waals surface area contributed by atoms with E-state index in [-0.39, 0.29) is 0 Å². The summed E-state index contributed by atoms with van der Waals surface area (Å²) in [5.41, 5.74) is 1.27. The Balaban J connectivity index is 1.79. The van der Waals surface area contributed by atoms with Crippen molar-refractivity contribution in [3.05, 3.63) is 18.0 Å². The van der Waals surface area contributed by atoms with E-state index in [0.717, 1.165) is 19.5 Å². The molecule has 19 heavy (non-hydrogen) atoms. The Labute approximate surface area is 117 Å². The molecule has 1 heterocycles. The Bertz CT molecular complexity index is 353. The second-order valence-electron chi connectivity index (χ2n) is 6.03. The average Bonchev–Trinajstić information content (AvgIpc) is 2.88. The van der Waals surface area contributed by atoms with Gasteiger partial charge in [-0.15, -0.1) is 0 Å². The molecular weight excluding hydrogens is 234 g/mol. The van der Waals surface area contributed by atoms with Crippen LogP contribution in [0.4, 0.5) is 0 Å². The summed E-state index contributed by atoms with van der Waals surface area (Å²) in [4.78, 5) is 0. The van der Waals surface area contributed by atoms with E-state index >= 15 is 0 Å². The van der Waals surface area contributed by atoms with E-state index in [1.807, 2.05) is 0 Å². The van der Waals surface area contributed by atoms with Crippen LogP contribution in [0.25, 0.3) is 0 Å². The van der Waals surface area contributed by atoms with Crippen molar-refractivity contribution in [2.24, 2.45) is 5.92 Å². The molecule has 0 amide bonds. The molecule has 1 aromatic heterocycles. The van der Waals surface area contributed by atoms with Crippen molar-refractivity contribution in [2.75, 3.05) is 13.1 Å². The Hall–Kier alpha value is -0.830. The van der Waals surface area contributed by atoms with Gasteiger partial charge in [-0.3, -0.25) is 4.68 Å². The van der Waals surface area contributed by atoms with Crippen LogP contribution in [0, 0.1) is 5.92 Å². The van der Waals surface area contributed by atoms with E-state index in [4.69, 9.17) is 5.10 Å². The van der Waals surface area contributed by atoms with Gasteiger partial charge in [-0.05, 0) is 50.8 Å². The van der Waals surface area contributed by atoms with Gasteiger partial charge in [0.05, 0.1) is 11.7 Å². The average molecular weight is 263 g/mol. The second-order valence-corrected chi connectivity index (χ2v) is 6.03. The first kappa shape index (κ1) is 14.6. The molecule has 3 heteroatoms. The van der Waals surface area contributed by atoms with Crippen LogP contribution in [-0.4, -0.2) is 22.9 Å². The molecule has 1 aromatic rings. The Kier molecular flexibility index (Phi) is 5.90. The maximum absolute atomic E-state index is 4.80. The fourth-order valence-corrected chi connectivity index (χ4v) is 3.02. The minimum absolute atomic E-state index is 0.666. The Morgan fingerprint density at radius 1 is 1.37 bits per heavy atom. The first-order valence-corrected chi connectivity index (χ1v) is 8.04. The summed E-state index contributed by atoms with van der Waals surface area (Å²) in [7, 11) is 0. The van der Waals surface area contributed by atoms with Gasteiger partial charge in [0.2, 0.25) is 0 Å². The molecule has 1 atom stereocenters. The molecule has 2 rings (SSSR count). The van der Waals surface area contributed by atoms with Gasteiger partial charge >= 0.3 is 0 Å². The van der Waals surface area contributed by atoms with Crippen LogP contribution in [0.3, 0.4) is 0 Å². The van der Waals surface area contributed by atoms with E-state index < -0.39 is 0 Å². The van der Waals surface area contributed by atoms with Crippen LogP contribution >= 0.6 is 0 Å². The lowest BCUT2D eigenvalue weighted by Crippen LogP contribution is -2.17. The number of nitrogens with zero attached hydrogens (tertiary/aromatic N) is 2. The number of hydrogen-bond acceptors (Lipinski definition) is 2. The Morgan fingerprint density at radius 3 is 2.89 bits per heavy atom. The summed E-state index contributed by atoms with van der Waals surface area (Å²) in [5, 5.41) is 8.19. The highest BCUT2D eigenvalue weighted by Gasteiger charge is 2.16. The van der Waals surface area contributed by atoms with Gasteiger partial charge in [0.1, 0.15) is 0 Å². The molecule has 1 aliphatic carbocycles. The SMILES string of the molecule is CCNCCC(C)Cc1ccn(C2CCCCC2)n1. The highest BCUT2D eigenvalue weighted by atomic mass is 15.3. The van der Waals surface area contributed by atoms with Crippen LogP contribution in [0.1, 0.15) is 64.1 Å². The zero-order chi connectivity index (χ0) is 13.5. The standard InChI is InChI=1S/C16H29N3/c1-3-17-11-9-14(2)13-15-10-12-19(18-15)16-7-5-4-6-8-16/h10,12,14,16-17H,3-9,11,13H2,1-2H3. The van der Waals surface area contributed by atoms with E-state index in [1.165, 1.54) is 44.2 Å². The molecule has 1 fully saturated rings. The minimum atomic E-state index is 0.666. The van der Waals surface area contributed by atoms with Gasteiger partial charge in [0.25, 0.3) is 0 Å². The smallest absolute Gasteiger partial charge is 0.0627 e. The summed E-state index contributed by atoms with van der Waals surface area (Å²) in [5.74, 6) is 0.716. The normalized spacial score (nSPS) is 18.6. The third-order valence-electron chi connectivity index (χ3n) is 4.23. The Morgan fingerprint density at radius 2 is 2.16 bits per heavy atom. The predicted octanol–water partition coefficient (Wildman–Crippen LogP) is 3.57. The van der Waals surface area contributed by atoms with Crippen LogP contribution in [0.2, 0.25) is 0 Å². The summed E-state index contributed by atoms with van der Waals surface area (Å²) >= 11 is 0. The number of rotatable bonds is 7. The number of hydrogen-bond donors (Lipinski definition) is 1. The molecule has 1 unspecified atom stereocenters. The van der Waals surface area contributed by atoms with Gasteiger partial charge in [0, 0.05) is 6.20 Å². The van der Waals surface area contributed by atoms with Crippen molar-refractivity contribution >= 4 is 0 Å². The molecule has 108 valence electrons. The van der Waals surface area contributed by atoms with E-state index in [0.29, 0.717) is 12.0 Å². The first-order valence-electron chi connectivity index (χ1n) is 8.04. The third-order valence-corrected chi connectivity index (χ3v) is 4.23. The fraction of sp³-hybridized carbons (Fsp3) is 0.812. The topological polar surface area (TPSA) is 29.9 Å². The molecule has 0 bridgehead atoms. The summed E-state index contributed by atoms with van der Waals surface area (Å²) < 4.78 is 2.23. The molecule has 3 nitrogen and oxygen atoms in total. The highest BCUT2D eigenvalue weighted by molar-refractivity contribution is 5.01. The van der Waals surface area contributed by atoms with Gasteiger partial charge in [-0.25, -0.2) is 0 Å². The zero-order valence-corrected chi connectivity index (χ0v) is 12.6. The molecule has 0 saturated heterocycles. The lowest BCUT2D eigenvalue weighted by Gasteiger charge is -2.21. The lowest BCUT2D eigenvalue weighted by atomic mass is 9.96. The van der Waals surface area contributed by atoms with Crippen molar-refractivity contribution in [1.29, 1.82) is 0 Å². The molecule has 1 aliphatic rings. The van der Waals surface area contributed by atoms with Crippen molar-refractivity contribution in [3.63, 3.8) is 0 Å². The largest absolute Gasteiger partial charge is 0.317 e. The fourth-order valence-electron chi connectivity index (χ4n) is 3.02. The van der Waals surface area contributed by atoms with Crippen LogP contribution in [0.5, 0.6) is 0 Å². The summed E-state index contributed by atoms with van der Waals surface area (Å²) in [6.45, 7) is 6.69. The van der Waals surface area contributed by atoms with Gasteiger partial charge in [0.15, 0.2) is 0 Å². The van der Waals surface area contributed by atoms with Gasteiger partial charge in [-0.2, -0.15) is 5.10 Å². The van der Waals surface area contributed by atoms with Crippen LogP contribution < -0.4 is 5.32 Å². The predicted molar refractivity (Wildman–Crippen MR) is 80.4 cm³/mol. The molecular formula is C16H29N3. The van der Waals surface area contributed by atoms with Crippen LogP contribution in [-0.2, 0) is 6.42 Å². The van der Waals surface area contributed by atoms with Crippen molar-refractivity contribution in [2.45, 2.75) is 64.8 Å². The van der Waals surface area contributed by atoms with Crippen molar-refractivity contribution < 1.29 is 0 Å². The van der Waals surface area contributed by atoms with E-state index in [1.54, 1.807) is 0 Å². The minimum Gasteiger partial charge on any atom is -0.317 e. The lowest BCUT2D eigenvalue weighted by molar-refractivity contribution is 0.327. The number of nitrogens with one attached hydrogen (secondary N) is 1. The molecule has 1 saturated carbocycles. The molecule has 1 N–H and O–H groups in total. The molecule has 0 spiro atoms. The monoisotopic (exact) mass is 263 g/mol. The zero-order valence-electron chi connectivity index (χ0n) is 12.6. The second kappa shape index (κ2) is 7.68. The van der Waals surface area contributed by atoms with Crippen molar-refractivity contribution in [1.82, 2.24) is 15.1 Å². The quantitative estimate of drug-likeness (QED) is 0.762. The molecule has 0 aliphatic heterocycles. The highest BCUT2D eigenvalue weighted by Crippen LogP contribution is 2.27.